The van der Waals surface area contributed by atoms with Crippen LogP contribution in [0.5, 0.6) is 11.5 Å². The van der Waals surface area contributed by atoms with Gasteiger partial charge in [0, 0.05) is 11.8 Å². The molecule has 122 valence electrons. The van der Waals surface area contributed by atoms with Gasteiger partial charge in [-0.25, -0.2) is 0 Å². The average Bonchev–Trinajstić information content (AvgIpc) is 3.23. The Balaban J connectivity index is 1.57. The predicted molar refractivity (Wildman–Crippen MR) is 81.3 cm³/mol. The van der Waals surface area contributed by atoms with E-state index in [0.29, 0.717) is 30.4 Å². The molecule has 3 aromatic rings. The zero-order chi connectivity index (χ0) is 16.5. The van der Waals surface area contributed by atoms with E-state index in [0.717, 1.165) is 6.20 Å². The van der Waals surface area contributed by atoms with E-state index in [1.807, 2.05) is 0 Å². The van der Waals surface area contributed by atoms with E-state index in [2.05, 4.69) is 30.7 Å². The molecule has 0 radical (unpaired) electrons. The second-order valence-electron chi connectivity index (χ2n) is 4.88. The highest BCUT2D eigenvalue weighted by atomic mass is 16.6. The van der Waals surface area contributed by atoms with Gasteiger partial charge in [-0.2, -0.15) is 10.1 Å². The number of aromatic nitrogens is 5. The topological polar surface area (TPSA) is 144 Å². The Morgan fingerprint density at radius 2 is 2.04 bits per heavy atom. The summed E-state index contributed by atoms with van der Waals surface area (Å²) in [6, 6.07) is 5.34. The Bertz CT molecular complexity index is 903. The maximum absolute atomic E-state index is 10.9. The van der Waals surface area contributed by atoms with Crippen molar-refractivity contribution in [2.24, 2.45) is 0 Å². The zero-order valence-corrected chi connectivity index (χ0v) is 12.1. The van der Waals surface area contributed by atoms with Crippen LogP contribution in [0.15, 0.2) is 24.4 Å². The van der Waals surface area contributed by atoms with Crippen LogP contribution in [0.1, 0.15) is 0 Å². The van der Waals surface area contributed by atoms with E-state index in [4.69, 9.17) is 9.47 Å². The second kappa shape index (κ2) is 5.53. The van der Waals surface area contributed by atoms with Crippen LogP contribution >= 0.6 is 0 Å². The predicted octanol–water partition coefficient (Wildman–Crippen LogP) is 1.62. The second-order valence-corrected chi connectivity index (χ2v) is 4.88. The number of anilines is 2. The number of hydrogen-bond acceptors (Lipinski definition) is 8. The SMILES string of the molecule is O=[N+]([O-])c1cn[nH]c1-c1nc(Nc2ccc3c(c2)OCCO3)n[nH]1. The molecule has 11 nitrogen and oxygen atoms in total. The molecule has 3 heterocycles. The third-order valence-electron chi connectivity index (χ3n) is 3.34. The number of hydrogen-bond donors (Lipinski definition) is 3. The van der Waals surface area contributed by atoms with Crippen molar-refractivity contribution in [3.63, 3.8) is 0 Å². The van der Waals surface area contributed by atoms with Gasteiger partial charge < -0.3 is 14.8 Å². The van der Waals surface area contributed by atoms with Gasteiger partial charge in [0.2, 0.25) is 5.95 Å². The number of nitro groups is 1. The average molecular weight is 329 g/mol. The number of aromatic amines is 2. The summed E-state index contributed by atoms with van der Waals surface area (Å²) >= 11 is 0. The summed E-state index contributed by atoms with van der Waals surface area (Å²) in [6.07, 6.45) is 1.12. The highest BCUT2D eigenvalue weighted by Crippen LogP contribution is 2.33. The highest BCUT2D eigenvalue weighted by molar-refractivity contribution is 5.65. The van der Waals surface area contributed by atoms with Gasteiger partial charge in [-0.15, -0.1) is 5.10 Å². The molecule has 3 N–H and O–H groups in total. The van der Waals surface area contributed by atoms with Crippen molar-refractivity contribution in [3.05, 3.63) is 34.5 Å². The van der Waals surface area contributed by atoms with Gasteiger partial charge in [0.05, 0.1) is 4.92 Å². The van der Waals surface area contributed by atoms with E-state index >= 15 is 0 Å². The molecule has 0 atom stereocenters. The lowest BCUT2D eigenvalue weighted by atomic mass is 10.2. The van der Waals surface area contributed by atoms with E-state index in [-0.39, 0.29) is 23.2 Å². The fourth-order valence-corrected chi connectivity index (χ4v) is 2.27. The maximum atomic E-state index is 10.9. The third-order valence-corrected chi connectivity index (χ3v) is 3.34. The van der Waals surface area contributed by atoms with Crippen molar-refractivity contribution in [3.8, 4) is 23.0 Å². The Morgan fingerprint density at radius 3 is 2.88 bits per heavy atom. The first-order valence-corrected chi connectivity index (χ1v) is 6.98. The summed E-state index contributed by atoms with van der Waals surface area (Å²) in [5.41, 5.74) is 0.670. The number of benzene rings is 1. The Morgan fingerprint density at radius 1 is 1.21 bits per heavy atom. The van der Waals surface area contributed by atoms with Gasteiger partial charge in [-0.1, -0.05) is 0 Å². The van der Waals surface area contributed by atoms with Gasteiger partial charge in [-0.05, 0) is 12.1 Å². The summed E-state index contributed by atoms with van der Waals surface area (Å²) < 4.78 is 11.0. The van der Waals surface area contributed by atoms with E-state index in [1.54, 1.807) is 18.2 Å². The summed E-state index contributed by atoms with van der Waals surface area (Å²) in [5.74, 6) is 1.77. The van der Waals surface area contributed by atoms with Crippen LogP contribution in [-0.2, 0) is 0 Å². The van der Waals surface area contributed by atoms with Gasteiger partial charge in [-0.3, -0.25) is 20.3 Å². The number of H-pyrrole nitrogens is 2. The molecule has 2 aromatic heterocycles. The minimum Gasteiger partial charge on any atom is -0.486 e. The molecule has 4 rings (SSSR count). The molecule has 0 unspecified atom stereocenters. The van der Waals surface area contributed by atoms with Gasteiger partial charge in [0.1, 0.15) is 19.4 Å². The van der Waals surface area contributed by atoms with E-state index in [1.165, 1.54) is 0 Å². The first-order valence-electron chi connectivity index (χ1n) is 6.98. The van der Waals surface area contributed by atoms with Gasteiger partial charge in [0.15, 0.2) is 23.0 Å². The van der Waals surface area contributed by atoms with Crippen molar-refractivity contribution in [1.82, 2.24) is 25.4 Å². The molecule has 11 heteroatoms. The van der Waals surface area contributed by atoms with Gasteiger partial charge in [0.25, 0.3) is 0 Å². The first kappa shape index (κ1) is 14.0. The lowest BCUT2D eigenvalue weighted by Crippen LogP contribution is -2.15. The molecule has 1 aliphatic heterocycles. The number of fused-ring (bicyclic) bond motifs is 1. The van der Waals surface area contributed by atoms with Crippen LogP contribution in [0, 0.1) is 10.1 Å². The van der Waals surface area contributed by atoms with Crippen LogP contribution in [-0.4, -0.2) is 43.5 Å². The fraction of sp³-hybridized carbons (Fsp3) is 0.154. The lowest BCUT2D eigenvalue weighted by Gasteiger charge is -2.18. The molecule has 0 fully saturated rings. The zero-order valence-electron chi connectivity index (χ0n) is 12.1. The largest absolute Gasteiger partial charge is 0.486 e. The molecular weight excluding hydrogens is 318 g/mol. The lowest BCUT2D eigenvalue weighted by molar-refractivity contribution is -0.384. The number of rotatable bonds is 4. The summed E-state index contributed by atoms with van der Waals surface area (Å²) in [7, 11) is 0. The number of nitrogens with zero attached hydrogens (tertiary/aromatic N) is 4. The molecule has 0 bridgehead atoms. The van der Waals surface area contributed by atoms with Gasteiger partial charge >= 0.3 is 5.69 Å². The molecular formula is C13H11N7O4. The molecule has 24 heavy (non-hydrogen) atoms. The van der Waals surface area contributed by atoms with E-state index < -0.39 is 4.92 Å². The molecule has 0 saturated heterocycles. The Hall–Kier alpha value is -3.63. The molecule has 1 aromatic carbocycles. The molecule has 0 aliphatic carbocycles. The summed E-state index contributed by atoms with van der Waals surface area (Å²) in [5, 5.41) is 26.7. The van der Waals surface area contributed by atoms with Crippen molar-refractivity contribution in [1.29, 1.82) is 0 Å². The quantitative estimate of drug-likeness (QED) is 0.484. The first-order chi connectivity index (χ1) is 11.7. The minimum absolute atomic E-state index is 0.155. The number of nitrogens with one attached hydrogen (secondary N) is 3. The van der Waals surface area contributed by atoms with Crippen molar-refractivity contribution in [2.75, 3.05) is 18.5 Å². The Labute approximate surface area is 134 Å². The third kappa shape index (κ3) is 2.47. The monoisotopic (exact) mass is 329 g/mol. The van der Waals surface area contributed by atoms with Crippen LogP contribution in [0.3, 0.4) is 0 Å². The van der Waals surface area contributed by atoms with Crippen molar-refractivity contribution in [2.45, 2.75) is 0 Å². The maximum Gasteiger partial charge on any atom is 0.317 e. The summed E-state index contributed by atoms with van der Waals surface area (Å²) in [6.45, 7) is 1.01. The van der Waals surface area contributed by atoms with Crippen LogP contribution in [0.4, 0.5) is 17.3 Å². The molecule has 0 spiro atoms. The van der Waals surface area contributed by atoms with Crippen LogP contribution in [0.2, 0.25) is 0 Å². The van der Waals surface area contributed by atoms with Crippen LogP contribution < -0.4 is 14.8 Å². The standard InChI is InChI=1S/C13H11N7O4/c21-20(22)8-6-14-17-11(8)12-16-13(19-18-12)15-7-1-2-9-10(5-7)24-4-3-23-9/h1-2,5-6H,3-4H2,(H,14,17)(H2,15,16,18,19). The molecule has 0 saturated carbocycles. The van der Waals surface area contributed by atoms with Crippen molar-refractivity contribution >= 4 is 17.3 Å². The molecule has 0 amide bonds. The van der Waals surface area contributed by atoms with E-state index in [9.17, 15) is 10.1 Å². The van der Waals surface area contributed by atoms with Crippen LogP contribution in [0.25, 0.3) is 11.5 Å². The Kier molecular flexibility index (Phi) is 3.23. The smallest absolute Gasteiger partial charge is 0.317 e. The number of ether oxygens (including phenoxy) is 2. The fourth-order valence-electron chi connectivity index (χ4n) is 2.27. The highest BCUT2D eigenvalue weighted by Gasteiger charge is 2.21. The summed E-state index contributed by atoms with van der Waals surface area (Å²) in [4.78, 5) is 14.6. The normalized spacial score (nSPS) is 12.8. The molecule has 1 aliphatic rings. The minimum atomic E-state index is -0.546. The van der Waals surface area contributed by atoms with Crippen molar-refractivity contribution < 1.29 is 14.4 Å².